The van der Waals surface area contributed by atoms with Crippen LogP contribution in [0.5, 0.6) is 0 Å². The molecule has 1 N–H and O–H groups in total. The highest BCUT2D eigenvalue weighted by molar-refractivity contribution is 6.30. The third kappa shape index (κ3) is 3.95. The number of likely N-dealkylation sites (N-methyl/N-ethyl adjacent to an activating group) is 1. The molecule has 0 saturated carbocycles. The Hall–Kier alpha value is -1.58. The molecule has 0 fully saturated rings. The lowest BCUT2D eigenvalue weighted by Crippen LogP contribution is -2.22. The molecule has 2 rings (SSSR count). The van der Waals surface area contributed by atoms with E-state index in [1.807, 2.05) is 31.6 Å². The smallest absolute Gasteiger partial charge is 0.0426 e. The predicted octanol–water partition coefficient (Wildman–Crippen LogP) is 3.13. The number of pyridine rings is 1. The van der Waals surface area contributed by atoms with E-state index in [2.05, 4.69) is 40.4 Å². The van der Waals surface area contributed by atoms with Gasteiger partial charge in [-0.2, -0.15) is 0 Å². The molecule has 0 atom stereocenters. The van der Waals surface area contributed by atoms with Crippen molar-refractivity contribution in [3.8, 4) is 0 Å². The summed E-state index contributed by atoms with van der Waals surface area (Å²) >= 11 is 6.12. The number of nitrogens with zero attached hydrogens (tertiary/aromatic N) is 2. The average molecular weight is 290 g/mol. The summed E-state index contributed by atoms with van der Waals surface area (Å²) in [5, 5.41) is 3.97. The number of hydrogen-bond donors (Lipinski definition) is 1. The Morgan fingerprint density at radius 1 is 1.20 bits per heavy atom. The van der Waals surface area contributed by atoms with Crippen molar-refractivity contribution in [1.29, 1.82) is 0 Å². The number of halogens is 1. The molecule has 0 amide bonds. The van der Waals surface area contributed by atoms with Crippen LogP contribution in [-0.2, 0) is 13.0 Å². The summed E-state index contributed by atoms with van der Waals surface area (Å²) in [5.74, 6) is 0. The highest BCUT2D eigenvalue weighted by Crippen LogP contribution is 2.24. The van der Waals surface area contributed by atoms with Gasteiger partial charge in [-0.15, -0.1) is 0 Å². The second kappa shape index (κ2) is 7.27. The molecule has 0 aliphatic heterocycles. The summed E-state index contributed by atoms with van der Waals surface area (Å²) in [6, 6.07) is 10.2. The molecule has 0 aliphatic carbocycles. The quantitative estimate of drug-likeness (QED) is 0.885. The fraction of sp³-hybridized carbons (Fsp3) is 0.312. The molecular weight excluding hydrogens is 270 g/mol. The van der Waals surface area contributed by atoms with E-state index in [1.165, 1.54) is 16.8 Å². The van der Waals surface area contributed by atoms with Gasteiger partial charge in [-0.3, -0.25) is 4.98 Å². The third-order valence-electron chi connectivity index (χ3n) is 3.31. The van der Waals surface area contributed by atoms with Gasteiger partial charge in [0.2, 0.25) is 0 Å². The van der Waals surface area contributed by atoms with Crippen molar-refractivity contribution in [3.63, 3.8) is 0 Å². The maximum atomic E-state index is 6.12. The van der Waals surface area contributed by atoms with E-state index in [0.29, 0.717) is 0 Å². The number of anilines is 1. The van der Waals surface area contributed by atoms with Crippen LogP contribution >= 0.6 is 11.6 Å². The van der Waals surface area contributed by atoms with E-state index in [4.69, 9.17) is 11.6 Å². The molecule has 20 heavy (non-hydrogen) atoms. The predicted molar refractivity (Wildman–Crippen MR) is 85.4 cm³/mol. The Balaban J connectivity index is 2.08. The first-order chi connectivity index (χ1) is 9.70. The lowest BCUT2D eigenvalue weighted by molar-refractivity contribution is 0.801. The molecule has 3 nitrogen and oxygen atoms in total. The first kappa shape index (κ1) is 14.8. The number of hydrogen-bond acceptors (Lipinski definition) is 3. The van der Waals surface area contributed by atoms with E-state index in [1.54, 1.807) is 0 Å². The van der Waals surface area contributed by atoms with Crippen LogP contribution in [0.2, 0.25) is 5.02 Å². The second-order valence-electron chi connectivity index (χ2n) is 4.83. The summed E-state index contributed by atoms with van der Waals surface area (Å²) in [6.07, 6.45) is 4.66. The molecule has 2 aromatic rings. The zero-order valence-electron chi connectivity index (χ0n) is 11.9. The molecule has 1 heterocycles. The van der Waals surface area contributed by atoms with Crippen molar-refractivity contribution in [2.24, 2.45) is 0 Å². The van der Waals surface area contributed by atoms with Crippen molar-refractivity contribution < 1.29 is 0 Å². The topological polar surface area (TPSA) is 28.2 Å². The molecule has 106 valence electrons. The maximum absolute atomic E-state index is 6.12. The highest BCUT2D eigenvalue weighted by atomic mass is 35.5. The van der Waals surface area contributed by atoms with E-state index in [9.17, 15) is 0 Å². The van der Waals surface area contributed by atoms with Gasteiger partial charge in [0.1, 0.15) is 0 Å². The molecule has 0 radical (unpaired) electrons. The van der Waals surface area contributed by atoms with Crippen LogP contribution in [0.4, 0.5) is 5.69 Å². The van der Waals surface area contributed by atoms with Gasteiger partial charge in [0, 0.05) is 43.2 Å². The van der Waals surface area contributed by atoms with Crippen LogP contribution < -0.4 is 10.2 Å². The van der Waals surface area contributed by atoms with E-state index < -0.39 is 0 Å². The minimum absolute atomic E-state index is 0.774. The Kier molecular flexibility index (Phi) is 5.39. The van der Waals surface area contributed by atoms with Gasteiger partial charge < -0.3 is 10.2 Å². The first-order valence-corrected chi connectivity index (χ1v) is 7.11. The molecule has 0 spiro atoms. The first-order valence-electron chi connectivity index (χ1n) is 6.74. The Morgan fingerprint density at radius 3 is 2.65 bits per heavy atom. The van der Waals surface area contributed by atoms with Crippen LogP contribution in [0.1, 0.15) is 11.1 Å². The van der Waals surface area contributed by atoms with Gasteiger partial charge >= 0.3 is 0 Å². The van der Waals surface area contributed by atoms with Crippen LogP contribution in [0, 0.1) is 0 Å². The summed E-state index contributed by atoms with van der Waals surface area (Å²) in [6.45, 7) is 1.78. The molecule has 1 aromatic carbocycles. The number of rotatable bonds is 6. The largest absolute Gasteiger partial charge is 0.374 e. The number of nitrogens with one attached hydrogen (secondary N) is 1. The molecular formula is C16H20ClN3. The third-order valence-corrected chi connectivity index (χ3v) is 3.55. The number of benzene rings is 1. The standard InChI is InChI=1S/C16H20ClN3/c1-18-12-14-3-4-15(17)11-16(14)20(2)10-7-13-5-8-19-9-6-13/h3-6,8-9,11,18H,7,10,12H2,1-2H3. The molecule has 0 bridgehead atoms. The Morgan fingerprint density at radius 2 is 1.95 bits per heavy atom. The van der Waals surface area contributed by atoms with Crippen LogP contribution in [-0.4, -0.2) is 25.6 Å². The minimum atomic E-state index is 0.774. The Bertz CT molecular complexity index is 543. The zero-order chi connectivity index (χ0) is 14.4. The summed E-state index contributed by atoms with van der Waals surface area (Å²) in [5.41, 5.74) is 3.74. The molecule has 4 heteroatoms. The van der Waals surface area contributed by atoms with Gasteiger partial charge in [0.15, 0.2) is 0 Å². The Labute approximate surface area is 125 Å². The molecule has 0 aliphatic rings. The second-order valence-corrected chi connectivity index (χ2v) is 5.27. The van der Waals surface area contributed by atoms with Crippen molar-refractivity contribution >= 4 is 17.3 Å². The van der Waals surface area contributed by atoms with Gasteiger partial charge in [-0.05, 0) is 48.9 Å². The monoisotopic (exact) mass is 289 g/mol. The lowest BCUT2D eigenvalue weighted by Gasteiger charge is -2.23. The summed E-state index contributed by atoms with van der Waals surface area (Å²) in [4.78, 5) is 6.29. The van der Waals surface area contributed by atoms with Crippen LogP contribution in [0.15, 0.2) is 42.7 Å². The zero-order valence-corrected chi connectivity index (χ0v) is 12.7. The fourth-order valence-corrected chi connectivity index (χ4v) is 2.37. The molecule has 1 aromatic heterocycles. The van der Waals surface area contributed by atoms with Gasteiger partial charge in [0.25, 0.3) is 0 Å². The van der Waals surface area contributed by atoms with Gasteiger partial charge in [-0.1, -0.05) is 17.7 Å². The normalized spacial score (nSPS) is 10.6. The number of aromatic nitrogens is 1. The van der Waals surface area contributed by atoms with Crippen LogP contribution in [0.25, 0.3) is 0 Å². The average Bonchev–Trinajstić information content (AvgIpc) is 2.48. The fourth-order valence-electron chi connectivity index (χ4n) is 2.20. The van der Waals surface area contributed by atoms with E-state index in [-0.39, 0.29) is 0 Å². The highest BCUT2D eigenvalue weighted by Gasteiger charge is 2.08. The van der Waals surface area contributed by atoms with Crippen molar-refractivity contribution in [2.75, 3.05) is 25.5 Å². The lowest BCUT2D eigenvalue weighted by atomic mass is 10.1. The molecule has 0 saturated heterocycles. The van der Waals surface area contributed by atoms with Crippen LogP contribution in [0.3, 0.4) is 0 Å². The maximum Gasteiger partial charge on any atom is 0.0426 e. The summed E-state index contributed by atoms with van der Waals surface area (Å²) < 4.78 is 0. The van der Waals surface area contributed by atoms with Crippen molar-refractivity contribution in [2.45, 2.75) is 13.0 Å². The summed E-state index contributed by atoms with van der Waals surface area (Å²) in [7, 11) is 4.06. The van der Waals surface area contributed by atoms with Gasteiger partial charge in [0.05, 0.1) is 0 Å². The van der Waals surface area contributed by atoms with E-state index >= 15 is 0 Å². The van der Waals surface area contributed by atoms with Crippen molar-refractivity contribution in [1.82, 2.24) is 10.3 Å². The minimum Gasteiger partial charge on any atom is -0.374 e. The van der Waals surface area contributed by atoms with E-state index in [0.717, 1.165) is 24.5 Å². The SMILES string of the molecule is CNCc1ccc(Cl)cc1N(C)CCc1ccncc1. The van der Waals surface area contributed by atoms with Gasteiger partial charge in [-0.25, -0.2) is 0 Å². The van der Waals surface area contributed by atoms with Crippen molar-refractivity contribution in [3.05, 3.63) is 58.9 Å². The molecule has 0 unspecified atom stereocenters.